The molecule has 2 aromatic carbocycles. The molecule has 2 nitrogen and oxygen atoms in total. The number of Topliss-reactive ketones (excluding diaryl/α,β-unsaturated/α-hetero) is 1. The first kappa shape index (κ1) is 12.2. The van der Waals surface area contributed by atoms with Crippen LogP contribution in [0, 0.1) is 5.41 Å². The van der Waals surface area contributed by atoms with Crippen LogP contribution in [-0.2, 0) is 0 Å². The van der Waals surface area contributed by atoms with Crippen LogP contribution in [0.1, 0.15) is 29.8 Å². The maximum Gasteiger partial charge on any atom is 0.159 e. The predicted octanol–water partition coefficient (Wildman–Crippen LogP) is 3.94. The summed E-state index contributed by atoms with van der Waals surface area (Å²) in [6, 6.07) is 15.5. The minimum absolute atomic E-state index is 0.0799. The third kappa shape index (κ3) is 2.54. The third-order valence-corrected chi connectivity index (χ3v) is 2.94. The summed E-state index contributed by atoms with van der Waals surface area (Å²) in [4.78, 5) is 11.2. The normalized spacial score (nSPS) is 10.1. The Kier molecular flexibility index (Phi) is 3.38. The van der Waals surface area contributed by atoms with E-state index < -0.39 is 0 Å². The summed E-state index contributed by atoms with van der Waals surface area (Å²) in [5.41, 5.74) is 4.39. The first-order valence-corrected chi connectivity index (χ1v) is 5.85. The van der Waals surface area contributed by atoms with Crippen LogP contribution in [-0.4, -0.2) is 11.5 Å². The zero-order chi connectivity index (χ0) is 13.1. The Morgan fingerprint density at radius 3 is 1.50 bits per heavy atom. The SMILES string of the molecule is CC(=N)c1ccc(-c2ccc(C(C)=O)cc2)cc1. The smallest absolute Gasteiger partial charge is 0.159 e. The first-order chi connectivity index (χ1) is 8.58. The largest absolute Gasteiger partial charge is 0.305 e. The van der Waals surface area contributed by atoms with Gasteiger partial charge >= 0.3 is 0 Å². The molecule has 0 unspecified atom stereocenters. The van der Waals surface area contributed by atoms with E-state index in [4.69, 9.17) is 5.41 Å². The van der Waals surface area contributed by atoms with E-state index in [1.165, 1.54) is 0 Å². The highest BCUT2D eigenvalue weighted by molar-refractivity contribution is 5.96. The van der Waals surface area contributed by atoms with Crippen molar-refractivity contribution in [2.75, 3.05) is 0 Å². The number of ketones is 1. The van der Waals surface area contributed by atoms with E-state index in [9.17, 15) is 4.79 Å². The van der Waals surface area contributed by atoms with Crippen molar-refractivity contribution in [1.82, 2.24) is 0 Å². The van der Waals surface area contributed by atoms with E-state index in [1.807, 2.05) is 48.5 Å². The first-order valence-electron chi connectivity index (χ1n) is 5.85. The second-order valence-electron chi connectivity index (χ2n) is 4.34. The molecular formula is C16H15NO. The van der Waals surface area contributed by atoms with Gasteiger partial charge < -0.3 is 5.41 Å². The topological polar surface area (TPSA) is 40.9 Å². The lowest BCUT2D eigenvalue weighted by Crippen LogP contribution is -1.92. The molecule has 2 heteroatoms. The Morgan fingerprint density at radius 2 is 1.17 bits per heavy atom. The maximum atomic E-state index is 11.2. The van der Waals surface area contributed by atoms with Crippen molar-refractivity contribution < 1.29 is 4.79 Å². The molecule has 0 aliphatic heterocycles. The fourth-order valence-corrected chi connectivity index (χ4v) is 1.81. The Labute approximate surface area is 107 Å². The van der Waals surface area contributed by atoms with Crippen molar-refractivity contribution in [2.24, 2.45) is 0 Å². The molecule has 0 aliphatic carbocycles. The van der Waals surface area contributed by atoms with Gasteiger partial charge in [-0.15, -0.1) is 0 Å². The minimum Gasteiger partial charge on any atom is -0.305 e. The van der Waals surface area contributed by atoms with Crippen LogP contribution in [0.5, 0.6) is 0 Å². The Balaban J connectivity index is 2.31. The summed E-state index contributed by atoms with van der Waals surface area (Å²) < 4.78 is 0. The van der Waals surface area contributed by atoms with Gasteiger partial charge in [-0.05, 0) is 30.5 Å². The van der Waals surface area contributed by atoms with Crippen LogP contribution in [0.25, 0.3) is 11.1 Å². The monoisotopic (exact) mass is 237 g/mol. The number of carbonyl (C=O) groups excluding carboxylic acids is 1. The Hall–Kier alpha value is -2.22. The number of hydrogen-bond acceptors (Lipinski definition) is 2. The van der Waals surface area contributed by atoms with Crippen molar-refractivity contribution in [3.63, 3.8) is 0 Å². The lowest BCUT2D eigenvalue weighted by molar-refractivity contribution is 0.101. The molecule has 0 bridgehead atoms. The summed E-state index contributed by atoms with van der Waals surface area (Å²) in [6.45, 7) is 3.34. The zero-order valence-corrected chi connectivity index (χ0v) is 10.5. The van der Waals surface area contributed by atoms with Crippen LogP contribution in [0.15, 0.2) is 48.5 Å². The number of benzene rings is 2. The van der Waals surface area contributed by atoms with Gasteiger partial charge in [-0.3, -0.25) is 4.79 Å². The zero-order valence-electron chi connectivity index (χ0n) is 10.5. The number of rotatable bonds is 3. The molecule has 90 valence electrons. The molecule has 1 N–H and O–H groups in total. The number of carbonyl (C=O) groups is 1. The van der Waals surface area contributed by atoms with E-state index in [-0.39, 0.29) is 5.78 Å². The summed E-state index contributed by atoms with van der Waals surface area (Å²) in [5.74, 6) is 0.0799. The number of hydrogen-bond donors (Lipinski definition) is 1. The molecule has 0 heterocycles. The highest BCUT2D eigenvalue weighted by atomic mass is 16.1. The minimum atomic E-state index is 0.0799. The van der Waals surface area contributed by atoms with Gasteiger partial charge in [0, 0.05) is 11.3 Å². The Bertz CT molecular complexity index is 524. The van der Waals surface area contributed by atoms with E-state index in [1.54, 1.807) is 13.8 Å². The van der Waals surface area contributed by atoms with Crippen LogP contribution >= 0.6 is 0 Å². The average Bonchev–Trinajstić information content (AvgIpc) is 2.39. The van der Waals surface area contributed by atoms with Crippen molar-refractivity contribution in [1.29, 1.82) is 5.41 Å². The molecule has 2 rings (SSSR count). The van der Waals surface area contributed by atoms with Crippen LogP contribution < -0.4 is 0 Å². The van der Waals surface area contributed by atoms with Crippen molar-refractivity contribution in [3.05, 3.63) is 59.7 Å². The molecule has 0 atom stereocenters. The lowest BCUT2D eigenvalue weighted by atomic mass is 10.0. The van der Waals surface area contributed by atoms with Crippen LogP contribution in [0.3, 0.4) is 0 Å². The van der Waals surface area contributed by atoms with Gasteiger partial charge in [-0.1, -0.05) is 48.5 Å². The quantitative estimate of drug-likeness (QED) is 0.637. The van der Waals surface area contributed by atoms with Crippen LogP contribution in [0.4, 0.5) is 0 Å². The van der Waals surface area contributed by atoms with Gasteiger partial charge in [0.1, 0.15) is 0 Å². The van der Waals surface area contributed by atoms with Crippen molar-refractivity contribution >= 4 is 11.5 Å². The molecule has 0 aromatic heterocycles. The number of nitrogens with one attached hydrogen (secondary N) is 1. The predicted molar refractivity (Wildman–Crippen MR) is 74.4 cm³/mol. The van der Waals surface area contributed by atoms with Crippen LogP contribution in [0.2, 0.25) is 0 Å². The fraction of sp³-hybridized carbons (Fsp3) is 0.125. The van der Waals surface area contributed by atoms with Gasteiger partial charge in [-0.2, -0.15) is 0 Å². The summed E-state index contributed by atoms with van der Waals surface area (Å²) >= 11 is 0. The van der Waals surface area contributed by atoms with E-state index in [2.05, 4.69) is 0 Å². The molecule has 0 spiro atoms. The molecule has 0 saturated carbocycles. The molecule has 2 aromatic rings. The van der Waals surface area contributed by atoms with E-state index >= 15 is 0 Å². The second-order valence-corrected chi connectivity index (χ2v) is 4.34. The highest BCUT2D eigenvalue weighted by Gasteiger charge is 2.01. The standard InChI is InChI=1S/C16H15NO/c1-11(17)13-3-7-15(8-4-13)16-9-5-14(6-10-16)12(2)18/h3-10,17H,1-2H3. The van der Waals surface area contributed by atoms with Gasteiger partial charge in [0.25, 0.3) is 0 Å². The average molecular weight is 237 g/mol. The summed E-state index contributed by atoms with van der Waals surface area (Å²) in [7, 11) is 0. The molecule has 0 aliphatic rings. The molecular weight excluding hydrogens is 222 g/mol. The molecule has 0 fully saturated rings. The van der Waals surface area contributed by atoms with Gasteiger partial charge in [0.05, 0.1) is 0 Å². The Morgan fingerprint density at radius 1 is 0.778 bits per heavy atom. The van der Waals surface area contributed by atoms with Gasteiger partial charge in [0.15, 0.2) is 5.78 Å². The molecule has 0 radical (unpaired) electrons. The lowest BCUT2D eigenvalue weighted by Gasteiger charge is -2.04. The summed E-state index contributed by atoms with van der Waals surface area (Å²) in [5, 5.41) is 7.55. The van der Waals surface area contributed by atoms with Crippen molar-refractivity contribution in [3.8, 4) is 11.1 Å². The summed E-state index contributed by atoms with van der Waals surface area (Å²) in [6.07, 6.45) is 0. The molecule has 0 amide bonds. The maximum absolute atomic E-state index is 11.2. The second kappa shape index (κ2) is 4.96. The fourth-order valence-electron chi connectivity index (χ4n) is 1.81. The molecule has 0 saturated heterocycles. The van der Waals surface area contributed by atoms with E-state index in [0.717, 1.165) is 22.3 Å². The molecule has 18 heavy (non-hydrogen) atoms. The van der Waals surface area contributed by atoms with Crippen molar-refractivity contribution in [2.45, 2.75) is 13.8 Å². The third-order valence-electron chi connectivity index (χ3n) is 2.94. The highest BCUT2D eigenvalue weighted by Crippen LogP contribution is 2.20. The van der Waals surface area contributed by atoms with Gasteiger partial charge in [-0.25, -0.2) is 0 Å². The van der Waals surface area contributed by atoms with Gasteiger partial charge in [0.2, 0.25) is 0 Å². The van der Waals surface area contributed by atoms with E-state index in [0.29, 0.717) is 5.71 Å².